The number of carbonyl (C=O) groups is 2. The first-order valence-electron chi connectivity index (χ1n) is 6.48. The number of nitrogens with one attached hydrogen (secondary N) is 2. The zero-order chi connectivity index (χ0) is 15.0. The number of anilines is 1. The molecule has 1 aromatic heterocycles. The van der Waals surface area contributed by atoms with Gasteiger partial charge in [-0.25, -0.2) is 0 Å². The van der Waals surface area contributed by atoms with Gasteiger partial charge in [-0.15, -0.1) is 0 Å². The van der Waals surface area contributed by atoms with Gasteiger partial charge in [0.05, 0.1) is 0 Å². The topological polar surface area (TPSA) is 78.1 Å². The van der Waals surface area contributed by atoms with Crippen molar-refractivity contribution in [3.05, 3.63) is 53.7 Å². The Morgan fingerprint density at radius 3 is 2.71 bits per heavy atom. The minimum Gasteiger partial charge on any atom is -0.308 e. The Morgan fingerprint density at radius 2 is 2.10 bits per heavy atom. The van der Waals surface area contributed by atoms with Gasteiger partial charge in [0.25, 0.3) is 5.91 Å². The number of H-pyrrole nitrogens is 1. The molecule has 0 aliphatic carbocycles. The standard InChI is InChI=1S/C15H14N4O2/c1-9-7-13(18-17-9)16-14(20)8-19-10(2)11-5-3-4-6-12(11)15(19)21/h3-7H,2,8H2,1H3,(H2,16,17,18,20). The quantitative estimate of drug-likeness (QED) is 0.900. The van der Waals surface area contributed by atoms with Crippen molar-refractivity contribution in [1.29, 1.82) is 0 Å². The number of aromatic amines is 1. The number of benzene rings is 1. The maximum Gasteiger partial charge on any atom is 0.259 e. The van der Waals surface area contributed by atoms with E-state index in [-0.39, 0.29) is 18.4 Å². The fourth-order valence-electron chi connectivity index (χ4n) is 2.31. The predicted molar refractivity (Wildman–Crippen MR) is 78.5 cm³/mol. The van der Waals surface area contributed by atoms with Gasteiger partial charge in [-0.3, -0.25) is 19.6 Å². The predicted octanol–water partition coefficient (Wildman–Crippen LogP) is 1.78. The summed E-state index contributed by atoms with van der Waals surface area (Å²) in [5, 5.41) is 9.30. The molecule has 1 aliphatic heterocycles. The van der Waals surface area contributed by atoms with Crippen LogP contribution < -0.4 is 5.32 Å². The molecule has 0 atom stereocenters. The van der Waals surface area contributed by atoms with E-state index in [4.69, 9.17) is 0 Å². The summed E-state index contributed by atoms with van der Waals surface area (Å²) in [6.07, 6.45) is 0. The Bertz CT molecular complexity index is 713. The van der Waals surface area contributed by atoms with Crippen molar-refractivity contribution < 1.29 is 9.59 Å². The summed E-state index contributed by atoms with van der Waals surface area (Å²) in [6.45, 7) is 5.65. The normalized spacial score (nSPS) is 13.5. The van der Waals surface area contributed by atoms with Crippen LogP contribution in [0.1, 0.15) is 21.6 Å². The van der Waals surface area contributed by atoms with E-state index in [0.717, 1.165) is 11.3 Å². The van der Waals surface area contributed by atoms with Crippen LogP contribution in [0.15, 0.2) is 36.9 Å². The number of carbonyl (C=O) groups excluding carboxylic acids is 2. The van der Waals surface area contributed by atoms with E-state index in [1.807, 2.05) is 19.1 Å². The number of rotatable bonds is 3. The second kappa shape index (κ2) is 4.90. The molecule has 2 amide bonds. The molecule has 6 nitrogen and oxygen atoms in total. The molecule has 6 heteroatoms. The van der Waals surface area contributed by atoms with Gasteiger partial charge in [-0.05, 0) is 13.0 Å². The summed E-state index contributed by atoms with van der Waals surface area (Å²) in [5.41, 5.74) is 2.74. The summed E-state index contributed by atoms with van der Waals surface area (Å²) in [6, 6.07) is 8.91. The lowest BCUT2D eigenvalue weighted by Gasteiger charge is -2.16. The molecule has 2 aromatic rings. The highest BCUT2D eigenvalue weighted by atomic mass is 16.2. The van der Waals surface area contributed by atoms with Crippen LogP contribution in [0.4, 0.5) is 5.82 Å². The van der Waals surface area contributed by atoms with Gasteiger partial charge in [0.2, 0.25) is 5.91 Å². The zero-order valence-corrected chi connectivity index (χ0v) is 11.5. The smallest absolute Gasteiger partial charge is 0.259 e. The fraction of sp³-hybridized carbons (Fsp3) is 0.133. The minimum absolute atomic E-state index is 0.0851. The van der Waals surface area contributed by atoms with Crippen molar-refractivity contribution in [1.82, 2.24) is 15.1 Å². The molecule has 1 aliphatic rings. The highest BCUT2D eigenvalue weighted by Gasteiger charge is 2.31. The summed E-state index contributed by atoms with van der Waals surface area (Å²) in [5.74, 6) is -0.0833. The van der Waals surface area contributed by atoms with Gasteiger partial charge in [0, 0.05) is 28.6 Å². The molecule has 0 bridgehead atoms. The molecular formula is C15H14N4O2. The van der Waals surface area contributed by atoms with E-state index in [1.165, 1.54) is 4.90 Å². The fourth-order valence-corrected chi connectivity index (χ4v) is 2.31. The second-order valence-electron chi connectivity index (χ2n) is 4.87. The number of hydrogen-bond acceptors (Lipinski definition) is 3. The monoisotopic (exact) mass is 282 g/mol. The highest BCUT2D eigenvalue weighted by Crippen LogP contribution is 2.30. The van der Waals surface area contributed by atoms with E-state index in [0.29, 0.717) is 17.1 Å². The third-order valence-electron chi connectivity index (χ3n) is 3.31. The first-order valence-corrected chi connectivity index (χ1v) is 6.48. The van der Waals surface area contributed by atoms with E-state index < -0.39 is 0 Å². The number of nitrogens with zero attached hydrogens (tertiary/aromatic N) is 2. The second-order valence-corrected chi connectivity index (χ2v) is 4.87. The average molecular weight is 282 g/mol. The Kier molecular flexibility index (Phi) is 3.06. The molecule has 0 saturated carbocycles. The number of aromatic nitrogens is 2. The number of amides is 2. The van der Waals surface area contributed by atoms with Crippen molar-refractivity contribution >= 4 is 23.3 Å². The van der Waals surface area contributed by atoms with Crippen molar-refractivity contribution in [2.75, 3.05) is 11.9 Å². The van der Waals surface area contributed by atoms with E-state index >= 15 is 0 Å². The summed E-state index contributed by atoms with van der Waals surface area (Å²) in [7, 11) is 0. The molecule has 0 spiro atoms. The number of fused-ring (bicyclic) bond motifs is 1. The van der Waals surface area contributed by atoms with E-state index in [1.54, 1.807) is 18.2 Å². The minimum atomic E-state index is -0.316. The molecular weight excluding hydrogens is 268 g/mol. The van der Waals surface area contributed by atoms with Gasteiger partial charge in [-0.2, -0.15) is 5.10 Å². The molecule has 2 N–H and O–H groups in total. The Balaban J connectivity index is 1.73. The largest absolute Gasteiger partial charge is 0.308 e. The summed E-state index contributed by atoms with van der Waals surface area (Å²) >= 11 is 0. The van der Waals surface area contributed by atoms with Crippen LogP contribution in [0.5, 0.6) is 0 Å². The summed E-state index contributed by atoms with van der Waals surface area (Å²) in [4.78, 5) is 25.7. The maximum atomic E-state index is 12.3. The Morgan fingerprint density at radius 1 is 1.38 bits per heavy atom. The third kappa shape index (κ3) is 2.31. The van der Waals surface area contributed by atoms with Crippen LogP contribution >= 0.6 is 0 Å². The van der Waals surface area contributed by atoms with Gasteiger partial charge in [0.15, 0.2) is 5.82 Å². The molecule has 21 heavy (non-hydrogen) atoms. The Labute approximate surface area is 121 Å². The zero-order valence-electron chi connectivity index (χ0n) is 11.5. The first kappa shape index (κ1) is 13.1. The van der Waals surface area contributed by atoms with Crippen molar-refractivity contribution in [3.8, 4) is 0 Å². The molecule has 1 aromatic carbocycles. The van der Waals surface area contributed by atoms with Crippen molar-refractivity contribution in [2.45, 2.75) is 6.92 Å². The van der Waals surface area contributed by atoms with Gasteiger partial charge >= 0.3 is 0 Å². The number of hydrogen-bond donors (Lipinski definition) is 2. The maximum absolute atomic E-state index is 12.3. The number of aryl methyl sites for hydroxylation is 1. The molecule has 2 heterocycles. The molecule has 3 rings (SSSR count). The Hall–Kier alpha value is -2.89. The first-order chi connectivity index (χ1) is 10.1. The van der Waals surface area contributed by atoms with Crippen LogP contribution in [0.25, 0.3) is 5.70 Å². The lowest BCUT2D eigenvalue weighted by Crippen LogP contribution is -2.32. The summed E-state index contributed by atoms with van der Waals surface area (Å²) < 4.78 is 0. The van der Waals surface area contributed by atoms with Crippen LogP contribution in [0.3, 0.4) is 0 Å². The van der Waals surface area contributed by atoms with Crippen molar-refractivity contribution in [3.63, 3.8) is 0 Å². The highest BCUT2D eigenvalue weighted by molar-refractivity contribution is 6.11. The lowest BCUT2D eigenvalue weighted by atomic mass is 10.1. The van der Waals surface area contributed by atoms with Gasteiger partial charge < -0.3 is 5.32 Å². The molecule has 0 fully saturated rings. The van der Waals surface area contributed by atoms with Crippen molar-refractivity contribution in [2.24, 2.45) is 0 Å². The average Bonchev–Trinajstić information content (AvgIpc) is 2.97. The third-order valence-corrected chi connectivity index (χ3v) is 3.31. The molecule has 0 saturated heterocycles. The molecule has 106 valence electrons. The van der Waals surface area contributed by atoms with Crippen LogP contribution in [-0.2, 0) is 4.79 Å². The van der Waals surface area contributed by atoms with Gasteiger partial charge in [0.1, 0.15) is 6.54 Å². The van der Waals surface area contributed by atoms with Crippen LogP contribution in [0, 0.1) is 6.92 Å². The van der Waals surface area contributed by atoms with E-state index in [2.05, 4.69) is 22.1 Å². The molecule has 0 radical (unpaired) electrons. The van der Waals surface area contributed by atoms with Gasteiger partial charge in [-0.1, -0.05) is 24.8 Å². The lowest BCUT2D eigenvalue weighted by molar-refractivity contribution is -0.116. The SMILES string of the molecule is C=C1c2ccccc2C(=O)N1CC(=O)Nc1cc(C)[nH]n1. The van der Waals surface area contributed by atoms with E-state index in [9.17, 15) is 9.59 Å². The van der Waals surface area contributed by atoms with Crippen LogP contribution in [-0.4, -0.2) is 33.5 Å². The molecule has 0 unspecified atom stereocenters. The van der Waals surface area contributed by atoms with Crippen LogP contribution in [0.2, 0.25) is 0 Å².